The molecule has 2 N–H and O–H groups in total. The standard InChI is InChI=1S/C26H28N6O2S2/c1-16(2)22(29-24(34)19-12-8-9-17(3)13-19)23-30-31-26(32(23)4)36-15-21(33)28-25-27-20(14-35-25)18-10-6-5-7-11-18/h5-14,16,22H,15H2,1-4H3,(H,29,34)(H,27,28,33)/t22-/m0/s1. The number of rotatable bonds is 9. The van der Waals surface area contributed by atoms with Crippen molar-refractivity contribution < 1.29 is 9.59 Å². The molecule has 2 heterocycles. The summed E-state index contributed by atoms with van der Waals surface area (Å²) in [6.45, 7) is 6.00. The van der Waals surface area contributed by atoms with E-state index in [2.05, 4.69) is 25.8 Å². The second-order valence-electron chi connectivity index (χ2n) is 8.71. The number of aromatic nitrogens is 4. The molecule has 4 aromatic rings. The van der Waals surface area contributed by atoms with E-state index in [4.69, 9.17) is 0 Å². The maximum Gasteiger partial charge on any atom is 0.251 e. The third kappa shape index (κ3) is 6.19. The second-order valence-corrected chi connectivity index (χ2v) is 10.5. The van der Waals surface area contributed by atoms with Crippen molar-refractivity contribution in [2.45, 2.75) is 32.0 Å². The van der Waals surface area contributed by atoms with Crippen LogP contribution in [0, 0.1) is 12.8 Å². The van der Waals surface area contributed by atoms with Gasteiger partial charge in [0.15, 0.2) is 16.1 Å². The molecule has 0 radical (unpaired) electrons. The fourth-order valence-corrected chi connectivity index (χ4v) is 5.07. The highest BCUT2D eigenvalue weighted by molar-refractivity contribution is 7.99. The Morgan fingerprint density at radius 1 is 1.08 bits per heavy atom. The number of carbonyl (C=O) groups excluding carboxylic acids is 2. The fraction of sp³-hybridized carbons (Fsp3) is 0.269. The summed E-state index contributed by atoms with van der Waals surface area (Å²) in [5.41, 5.74) is 3.46. The third-order valence-electron chi connectivity index (χ3n) is 5.53. The molecule has 4 rings (SSSR count). The minimum absolute atomic E-state index is 0.0894. The molecule has 0 unspecified atom stereocenters. The maximum atomic E-state index is 12.9. The van der Waals surface area contributed by atoms with Gasteiger partial charge in [-0.05, 0) is 25.0 Å². The number of aryl methyl sites for hydroxylation is 1. The minimum atomic E-state index is -0.328. The number of amides is 2. The van der Waals surface area contributed by atoms with E-state index in [1.165, 1.54) is 23.1 Å². The number of thiazole rings is 1. The lowest BCUT2D eigenvalue weighted by atomic mass is 10.0. The number of nitrogens with one attached hydrogen (secondary N) is 2. The first-order chi connectivity index (χ1) is 17.3. The summed E-state index contributed by atoms with van der Waals surface area (Å²) >= 11 is 2.67. The van der Waals surface area contributed by atoms with Crippen LogP contribution in [0.2, 0.25) is 0 Å². The Hall–Kier alpha value is -3.50. The molecule has 10 heteroatoms. The van der Waals surface area contributed by atoms with E-state index in [-0.39, 0.29) is 29.5 Å². The van der Waals surface area contributed by atoms with Crippen LogP contribution in [0.3, 0.4) is 0 Å². The molecule has 0 saturated heterocycles. The number of nitrogens with zero attached hydrogens (tertiary/aromatic N) is 4. The molecule has 2 aromatic heterocycles. The Balaban J connectivity index is 1.38. The van der Waals surface area contributed by atoms with Gasteiger partial charge in [-0.25, -0.2) is 4.98 Å². The second kappa shape index (κ2) is 11.5. The highest BCUT2D eigenvalue weighted by Crippen LogP contribution is 2.26. The van der Waals surface area contributed by atoms with E-state index >= 15 is 0 Å². The molecule has 0 saturated carbocycles. The van der Waals surface area contributed by atoms with Crippen molar-refractivity contribution in [3.8, 4) is 11.3 Å². The van der Waals surface area contributed by atoms with Gasteiger partial charge in [0.2, 0.25) is 5.91 Å². The van der Waals surface area contributed by atoms with Gasteiger partial charge in [-0.2, -0.15) is 0 Å². The van der Waals surface area contributed by atoms with Crippen LogP contribution >= 0.6 is 23.1 Å². The highest BCUT2D eigenvalue weighted by atomic mass is 32.2. The van der Waals surface area contributed by atoms with Crippen LogP contribution in [-0.4, -0.2) is 37.3 Å². The Kier molecular flexibility index (Phi) is 8.17. The van der Waals surface area contributed by atoms with Gasteiger partial charge in [0, 0.05) is 23.6 Å². The largest absolute Gasteiger partial charge is 0.342 e. The lowest BCUT2D eigenvalue weighted by molar-refractivity contribution is -0.113. The molecule has 0 spiro atoms. The van der Waals surface area contributed by atoms with Gasteiger partial charge in [0.25, 0.3) is 5.91 Å². The van der Waals surface area contributed by atoms with E-state index in [0.29, 0.717) is 21.7 Å². The van der Waals surface area contributed by atoms with Gasteiger partial charge in [0.1, 0.15) is 0 Å². The molecule has 1 atom stereocenters. The summed E-state index contributed by atoms with van der Waals surface area (Å²) in [5.74, 6) is 0.556. The van der Waals surface area contributed by atoms with Crippen LogP contribution < -0.4 is 10.6 Å². The Morgan fingerprint density at radius 2 is 1.86 bits per heavy atom. The van der Waals surface area contributed by atoms with Crippen molar-refractivity contribution in [1.82, 2.24) is 25.1 Å². The molecule has 2 aromatic carbocycles. The predicted octanol–water partition coefficient (Wildman–Crippen LogP) is 5.10. The predicted molar refractivity (Wildman–Crippen MR) is 144 cm³/mol. The molecule has 0 aliphatic heterocycles. The zero-order valence-electron chi connectivity index (χ0n) is 20.6. The number of carbonyl (C=O) groups is 2. The maximum absolute atomic E-state index is 12.9. The van der Waals surface area contributed by atoms with Gasteiger partial charge >= 0.3 is 0 Å². The third-order valence-corrected chi connectivity index (χ3v) is 7.31. The van der Waals surface area contributed by atoms with Crippen LogP contribution in [0.1, 0.15) is 41.6 Å². The SMILES string of the molecule is Cc1cccc(C(=O)N[C@H](c2nnc(SCC(=O)Nc3nc(-c4ccccc4)cs3)n2C)C(C)C)c1. The fourth-order valence-electron chi connectivity index (χ4n) is 3.62. The highest BCUT2D eigenvalue weighted by Gasteiger charge is 2.25. The molecule has 0 fully saturated rings. The average Bonchev–Trinajstić information content (AvgIpc) is 3.48. The summed E-state index contributed by atoms with van der Waals surface area (Å²) in [5, 5.41) is 17.6. The number of hydrogen-bond acceptors (Lipinski definition) is 7. The molecule has 0 aliphatic carbocycles. The van der Waals surface area contributed by atoms with Gasteiger partial charge in [-0.15, -0.1) is 21.5 Å². The van der Waals surface area contributed by atoms with Crippen LogP contribution in [0.5, 0.6) is 0 Å². The summed E-state index contributed by atoms with van der Waals surface area (Å²) in [4.78, 5) is 29.9. The number of anilines is 1. The molecule has 2 amide bonds. The topological polar surface area (TPSA) is 102 Å². The normalized spacial score (nSPS) is 11.9. The lowest BCUT2D eigenvalue weighted by Crippen LogP contribution is -2.33. The Bertz CT molecular complexity index is 1350. The van der Waals surface area contributed by atoms with Gasteiger partial charge in [0.05, 0.1) is 17.5 Å². The van der Waals surface area contributed by atoms with E-state index in [0.717, 1.165) is 16.8 Å². The first-order valence-corrected chi connectivity index (χ1v) is 13.4. The van der Waals surface area contributed by atoms with Gasteiger partial charge < -0.3 is 15.2 Å². The van der Waals surface area contributed by atoms with Crippen molar-refractivity contribution in [2.24, 2.45) is 13.0 Å². The van der Waals surface area contributed by atoms with Crippen LogP contribution in [0.4, 0.5) is 5.13 Å². The van der Waals surface area contributed by atoms with Crippen LogP contribution in [-0.2, 0) is 11.8 Å². The zero-order chi connectivity index (χ0) is 25.7. The van der Waals surface area contributed by atoms with Crippen LogP contribution in [0.25, 0.3) is 11.3 Å². The molecule has 0 bridgehead atoms. The number of hydrogen-bond donors (Lipinski definition) is 2. The van der Waals surface area contributed by atoms with E-state index in [1.54, 1.807) is 6.07 Å². The lowest BCUT2D eigenvalue weighted by Gasteiger charge is -2.21. The Morgan fingerprint density at radius 3 is 2.58 bits per heavy atom. The van der Waals surface area contributed by atoms with Crippen molar-refractivity contribution in [2.75, 3.05) is 11.1 Å². The summed E-state index contributed by atoms with van der Waals surface area (Å²) in [7, 11) is 1.84. The number of thioether (sulfide) groups is 1. The van der Waals surface area contributed by atoms with Crippen molar-refractivity contribution in [3.05, 3.63) is 76.9 Å². The molecule has 186 valence electrons. The molecule has 0 aliphatic rings. The minimum Gasteiger partial charge on any atom is -0.342 e. The summed E-state index contributed by atoms with van der Waals surface area (Å²) in [6.07, 6.45) is 0. The quantitative estimate of drug-likeness (QED) is 0.298. The zero-order valence-corrected chi connectivity index (χ0v) is 22.2. The smallest absolute Gasteiger partial charge is 0.251 e. The van der Waals surface area contributed by atoms with Gasteiger partial charge in [-0.1, -0.05) is 73.6 Å². The molecular formula is C26H28N6O2S2. The molecule has 36 heavy (non-hydrogen) atoms. The summed E-state index contributed by atoms with van der Waals surface area (Å²) in [6, 6.07) is 17.0. The van der Waals surface area contributed by atoms with Crippen molar-refractivity contribution >= 4 is 40.0 Å². The van der Waals surface area contributed by atoms with E-state index < -0.39 is 0 Å². The molecule has 8 nitrogen and oxygen atoms in total. The van der Waals surface area contributed by atoms with E-state index in [9.17, 15) is 9.59 Å². The Labute approximate surface area is 218 Å². The molecular weight excluding hydrogens is 492 g/mol. The average molecular weight is 521 g/mol. The first-order valence-electron chi connectivity index (χ1n) is 11.5. The van der Waals surface area contributed by atoms with E-state index in [1.807, 2.05) is 86.3 Å². The first kappa shape index (κ1) is 25.6. The number of benzene rings is 2. The summed E-state index contributed by atoms with van der Waals surface area (Å²) < 4.78 is 1.83. The van der Waals surface area contributed by atoms with Gasteiger partial charge in [-0.3, -0.25) is 9.59 Å². The van der Waals surface area contributed by atoms with Crippen molar-refractivity contribution in [1.29, 1.82) is 0 Å². The van der Waals surface area contributed by atoms with Crippen molar-refractivity contribution in [3.63, 3.8) is 0 Å². The van der Waals surface area contributed by atoms with Crippen LogP contribution in [0.15, 0.2) is 65.1 Å². The monoisotopic (exact) mass is 520 g/mol.